The second-order valence-electron chi connectivity index (χ2n) is 6.72. The summed E-state index contributed by atoms with van der Waals surface area (Å²) < 4.78 is 5.45. The predicted molar refractivity (Wildman–Crippen MR) is 77.8 cm³/mol. The van der Waals surface area contributed by atoms with Gasteiger partial charge in [-0.05, 0) is 58.8 Å². The summed E-state index contributed by atoms with van der Waals surface area (Å²) >= 11 is 0. The molecule has 1 unspecified atom stereocenters. The normalized spacial score (nSPS) is 29.8. The molecule has 0 spiro atoms. The van der Waals surface area contributed by atoms with Crippen LogP contribution >= 0.6 is 0 Å². The predicted octanol–water partition coefficient (Wildman–Crippen LogP) is 1.14. The molecule has 20 heavy (non-hydrogen) atoms. The zero-order chi connectivity index (χ0) is 14.6. The molecule has 0 aromatic rings. The standard InChI is InChI=1S/C15H28N2O3/c1-16(2)10-13-4-7-17(8-5-13)11-15(14(18)19)6-3-9-20-12-15/h13H,3-12H2,1-2H3,(H,18,19). The van der Waals surface area contributed by atoms with Crippen LogP contribution in [0.4, 0.5) is 0 Å². The summed E-state index contributed by atoms with van der Waals surface area (Å²) in [5.74, 6) is 0.0669. The second-order valence-corrected chi connectivity index (χ2v) is 6.72. The SMILES string of the molecule is CN(C)CC1CCN(CC2(C(=O)O)CCCOC2)CC1. The highest BCUT2D eigenvalue weighted by Crippen LogP contribution is 2.31. The quantitative estimate of drug-likeness (QED) is 0.820. The molecule has 2 aliphatic rings. The van der Waals surface area contributed by atoms with Gasteiger partial charge in [0.25, 0.3) is 0 Å². The molecule has 0 amide bonds. The van der Waals surface area contributed by atoms with Crippen molar-refractivity contribution in [1.29, 1.82) is 0 Å². The van der Waals surface area contributed by atoms with Crippen molar-refractivity contribution in [1.82, 2.24) is 9.80 Å². The van der Waals surface area contributed by atoms with Gasteiger partial charge in [0.2, 0.25) is 0 Å². The smallest absolute Gasteiger partial charge is 0.313 e. The molecule has 2 aliphatic heterocycles. The molecule has 5 nitrogen and oxygen atoms in total. The van der Waals surface area contributed by atoms with Crippen molar-refractivity contribution >= 4 is 5.97 Å². The zero-order valence-electron chi connectivity index (χ0n) is 12.8. The van der Waals surface area contributed by atoms with Gasteiger partial charge in [-0.25, -0.2) is 0 Å². The van der Waals surface area contributed by atoms with Crippen molar-refractivity contribution in [3.8, 4) is 0 Å². The van der Waals surface area contributed by atoms with Crippen LogP contribution in [-0.2, 0) is 9.53 Å². The number of hydrogen-bond donors (Lipinski definition) is 1. The van der Waals surface area contributed by atoms with Gasteiger partial charge < -0.3 is 19.6 Å². The summed E-state index contributed by atoms with van der Waals surface area (Å²) in [6, 6.07) is 0. The molecule has 0 bridgehead atoms. The molecule has 5 heteroatoms. The fourth-order valence-corrected chi connectivity index (χ4v) is 3.48. The summed E-state index contributed by atoms with van der Waals surface area (Å²) in [6.45, 7) is 4.92. The Bertz CT molecular complexity index is 319. The maximum Gasteiger partial charge on any atom is 0.313 e. The third-order valence-electron chi connectivity index (χ3n) is 4.63. The molecule has 1 N–H and O–H groups in total. The minimum atomic E-state index is -0.687. The molecule has 0 aromatic heterocycles. The topological polar surface area (TPSA) is 53.0 Å². The van der Waals surface area contributed by atoms with E-state index in [-0.39, 0.29) is 0 Å². The number of carboxylic acids is 1. The number of aliphatic carboxylic acids is 1. The van der Waals surface area contributed by atoms with E-state index >= 15 is 0 Å². The maximum atomic E-state index is 11.6. The monoisotopic (exact) mass is 284 g/mol. The Balaban J connectivity index is 1.85. The van der Waals surface area contributed by atoms with E-state index in [2.05, 4.69) is 23.9 Å². The number of hydrogen-bond acceptors (Lipinski definition) is 4. The van der Waals surface area contributed by atoms with Gasteiger partial charge in [0.05, 0.1) is 6.61 Å². The van der Waals surface area contributed by atoms with Gasteiger partial charge in [-0.3, -0.25) is 4.79 Å². The summed E-state index contributed by atoms with van der Waals surface area (Å²) in [4.78, 5) is 16.2. The van der Waals surface area contributed by atoms with Crippen LogP contribution in [-0.4, -0.2) is 74.4 Å². The van der Waals surface area contributed by atoms with E-state index in [0.717, 1.165) is 38.4 Å². The van der Waals surface area contributed by atoms with Gasteiger partial charge in [0.15, 0.2) is 0 Å². The molecular formula is C15H28N2O3. The molecule has 2 heterocycles. The largest absolute Gasteiger partial charge is 0.481 e. The van der Waals surface area contributed by atoms with Crippen molar-refractivity contribution in [3.63, 3.8) is 0 Å². The summed E-state index contributed by atoms with van der Waals surface area (Å²) in [5.41, 5.74) is -0.674. The molecule has 1 atom stereocenters. The van der Waals surface area contributed by atoms with Crippen molar-refractivity contribution in [2.24, 2.45) is 11.3 Å². The van der Waals surface area contributed by atoms with Crippen molar-refractivity contribution in [2.75, 3.05) is 53.5 Å². The Morgan fingerprint density at radius 2 is 2.10 bits per heavy atom. The average Bonchev–Trinajstić information content (AvgIpc) is 2.41. The van der Waals surface area contributed by atoms with Crippen molar-refractivity contribution in [3.05, 3.63) is 0 Å². The Morgan fingerprint density at radius 3 is 2.60 bits per heavy atom. The first-order valence-electron chi connectivity index (χ1n) is 7.70. The molecule has 2 fully saturated rings. The highest BCUT2D eigenvalue weighted by molar-refractivity contribution is 5.75. The molecule has 0 aliphatic carbocycles. The average molecular weight is 284 g/mol. The maximum absolute atomic E-state index is 11.6. The number of nitrogens with zero attached hydrogens (tertiary/aromatic N) is 2. The Kier molecular flexibility index (Phi) is 5.41. The fourth-order valence-electron chi connectivity index (χ4n) is 3.48. The first-order valence-corrected chi connectivity index (χ1v) is 7.70. The van der Waals surface area contributed by atoms with Gasteiger partial charge in [0.1, 0.15) is 5.41 Å². The van der Waals surface area contributed by atoms with Gasteiger partial charge in [-0.2, -0.15) is 0 Å². The third kappa shape index (κ3) is 3.93. The highest BCUT2D eigenvalue weighted by atomic mass is 16.5. The molecular weight excluding hydrogens is 256 g/mol. The number of likely N-dealkylation sites (tertiary alicyclic amines) is 1. The van der Waals surface area contributed by atoms with E-state index in [4.69, 9.17) is 4.74 Å². The van der Waals surface area contributed by atoms with E-state index in [1.807, 2.05) is 0 Å². The van der Waals surface area contributed by atoms with Crippen LogP contribution in [0.2, 0.25) is 0 Å². The number of piperidine rings is 1. The Hall–Kier alpha value is -0.650. The lowest BCUT2D eigenvalue weighted by atomic mass is 9.81. The molecule has 116 valence electrons. The van der Waals surface area contributed by atoms with E-state index in [0.29, 0.717) is 19.8 Å². The van der Waals surface area contributed by atoms with E-state index in [1.165, 1.54) is 12.8 Å². The number of ether oxygens (including phenoxy) is 1. The van der Waals surface area contributed by atoms with Crippen LogP contribution in [0.3, 0.4) is 0 Å². The lowest BCUT2D eigenvalue weighted by Crippen LogP contribution is -2.50. The number of carboxylic acid groups (broad SMARTS) is 1. The molecule has 0 radical (unpaired) electrons. The fraction of sp³-hybridized carbons (Fsp3) is 0.933. The minimum absolute atomic E-state index is 0.375. The summed E-state index contributed by atoms with van der Waals surface area (Å²) in [5, 5.41) is 9.58. The van der Waals surface area contributed by atoms with Crippen LogP contribution in [0, 0.1) is 11.3 Å². The van der Waals surface area contributed by atoms with Crippen LogP contribution in [0.1, 0.15) is 25.7 Å². The van der Waals surface area contributed by atoms with Gasteiger partial charge in [-0.15, -0.1) is 0 Å². The van der Waals surface area contributed by atoms with E-state index in [9.17, 15) is 9.90 Å². The van der Waals surface area contributed by atoms with Crippen LogP contribution in [0.25, 0.3) is 0 Å². The van der Waals surface area contributed by atoms with Crippen LogP contribution in [0.15, 0.2) is 0 Å². The first-order chi connectivity index (χ1) is 9.52. The molecule has 2 rings (SSSR count). The first kappa shape index (κ1) is 15.7. The third-order valence-corrected chi connectivity index (χ3v) is 4.63. The minimum Gasteiger partial charge on any atom is -0.481 e. The van der Waals surface area contributed by atoms with Gasteiger partial charge in [0, 0.05) is 19.7 Å². The Morgan fingerprint density at radius 1 is 1.40 bits per heavy atom. The number of rotatable bonds is 5. The molecule has 0 aromatic carbocycles. The van der Waals surface area contributed by atoms with Crippen molar-refractivity contribution in [2.45, 2.75) is 25.7 Å². The van der Waals surface area contributed by atoms with Crippen molar-refractivity contribution < 1.29 is 14.6 Å². The van der Waals surface area contributed by atoms with Crippen LogP contribution < -0.4 is 0 Å². The zero-order valence-corrected chi connectivity index (χ0v) is 12.8. The van der Waals surface area contributed by atoms with Crippen LogP contribution in [0.5, 0.6) is 0 Å². The molecule has 0 saturated carbocycles. The molecule has 2 saturated heterocycles. The summed E-state index contributed by atoms with van der Waals surface area (Å²) in [6.07, 6.45) is 3.97. The highest BCUT2D eigenvalue weighted by Gasteiger charge is 2.42. The Labute approximate surface area is 121 Å². The van der Waals surface area contributed by atoms with Gasteiger partial charge in [-0.1, -0.05) is 0 Å². The van der Waals surface area contributed by atoms with E-state index < -0.39 is 11.4 Å². The van der Waals surface area contributed by atoms with Gasteiger partial charge >= 0.3 is 5.97 Å². The summed E-state index contributed by atoms with van der Waals surface area (Å²) in [7, 11) is 4.23. The lowest BCUT2D eigenvalue weighted by Gasteiger charge is -2.40. The van der Waals surface area contributed by atoms with E-state index in [1.54, 1.807) is 0 Å². The second kappa shape index (κ2) is 6.87. The lowest BCUT2D eigenvalue weighted by molar-refractivity contribution is -0.159. The number of carbonyl (C=O) groups is 1.